The van der Waals surface area contributed by atoms with E-state index in [0.29, 0.717) is 30.2 Å². The van der Waals surface area contributed by atoms with Crippen LogP contribution in [0.5, 0.6) is 0 Å². The summed E-state index contributed by atoms with van der Waals surface area (Å²) < 4.78 is 20.1. The van der Waals surface area contributed by atoms with Gasteiger partial charge in [0, 0.05) is 17.5 Å². The summed E-state index contributed by atoms with van der Waals surface area (Å²) in [6, 6.07) is 7.62. The maximum absolute atomic E-state index is 14.2. The highest BCUT2D eigenvalue weighted by molar-refractivity contribution is 5.98. The summed E-state index contributed by atoms with van der Waals surface area (Å²) in [5, 5.41) is 0. The fourth-order valence-corrected chi connectivity index (χ4v) is 8.34. The van der Waals surface area contributed by atoms with Crippen LogP contribution < -0.4 is 4.90 Å². The van der Waals surface area contributed by atoms with Gasteiger partial charge in [0.2, 0.25) is 0 Å². The van der Waals surface area contributed by atoms with E-state index >= 15 is 0 Å². The summed E-state index contributed by atoms with van der Waals surface area (Å²) in [5.41, 5.74) is 1.84. The topological polar surface area (TPSA) is 46.4 Å². The summed E-state index contributed by atoms with van der Waals surface area (Å²) in [7, 11) is 0. The molecule has 188 valence electrons. The molecule has 4 fully saturated rings. The summed E-state index contributed by atoms with van der Waals surface area (Å²) >= 11 is 0. The number of benzene rings is 1. The fourth-order valence-electron chi connectivity index (χ4n) is 8.34. The van der Waals surface area contributed by atoms with E-state index in [9.17, 15) is 14.0 Å². The van der Waals surface area contributed by atoms with Crippen LogP contribution in [0.1, 0.15) is 71.6 Å². The number of nitrogens with zero attached hydrogens (tertiary/aromatic N) is 1. The minimum Gasteiger partial charge on any atom is -0.462 e. The molecular weight excluding hydrogens is 441 g/mol. The number of halogens is 1. The zero-order chi connectivity index (χ0) is 24.3. The molecule has 35 heavy (non-hydrogen) atoms. The Bertz CT molecular complexity index is 1040. The summed E-state index contributed by atoms with van der Waals surface area (Å²) in [5.74, 6) is 1.49. The van der Waals surface area contributed by atoms with Gasteiger partial charge in [-0.25, -0.2) is 4.39 Å². The van der Waals surface area contributed by atoms with Crippen molar-refractivity contribution >= 4 is 17.4 Å². The molecule has 0 radical (unpaired) electrons. The van der Waals surface area contributed by atoms with Crippen molar-refractivity contribution in [3.05, 3.63) is 41.7 Å². The minimum absolute atomic E-state index is 0.00637. The molecule has 2 saturated carbocycles. The molecule has 0 aromatic heterocycles. The number of carbonyl (C=O) groups is 2. The number of ketones is 1. The van der Waals surface area contributed by atoms with Crippen molar-refractivity contribution in [2.45, 2.75) is 89.8 Å². The Morgan fingerprint density at radius 3 is 2.63 bits per heavy atom. The predicted molar refractivity (Wildman–Crippen MR) is 133 cm³/mol. The summed E-state index contributed by atoms with van der Waals surface area (Å²) in [6.45, 7) is 4.15. The van der Waals surface area contributed by atoms with Crippen LogP contribution in [-0.2, 0) is 14.3 Å². The van der Waals surface area contributed by atoms with Crippen LogP contribution in [-0.4, -0.2) is 29.9 Å². The SMILES string of the molecule is CC[C@H]1CCCC[C@@H](C)C(=O)C2=C[C@@H]3[C@@H]([C@@H]4[C@H](C5CCC[C@H]53)N4c3cccc(F)c3)[C@@H]2CC(=O)O1. The first-order valence-electron chi connectivity index (χ1n) is 14.0. The van der Waals surface area contributed by atoms with E-state index in [1.807, 2.05) is 6.07 Å². The molecule has 2 saturated heterocycles. The van der Waals surface area contributed by atoms with E-state index in [2.05, 4.69) is 24.8 Å². The van der Waals surface area contributed by atoms with Crippen molar-refractivity contribution in [2.24, 2.45) is 35.5 Å². The lowest BCUT2D eigenvalue weighted by atomic mass is 9.66. The lowest BCUT2D eigenvalue weighted by molar-refractivity contribution is -0.151. The highest BCUT2D eigenvalue weighted by Gasteiger charge is 2.67. The molecule has 3 aliphatic carbocycles. The molecule has 4 nitrogen and oxygen atoms in total. The Morgan fingerprint density at radius 1 is 1.03 bits per heavy atom. The number of rotatable bonds is 2. The molecule has 5 aliphatic rings. The van der Waals surface area contributed by atoms with Crippen LogP contribution in [0.4, 0.5) is 10.1 Å². The maximum Gasteiger partial charge on any atom is 0.306 e. The third kappa shape index (κ3) is 3.94. The molecule has 2 aliphatic heterocycles. The first-order valence-corrected chi connectivity index (χ1v) is 14.0. The lowest BCUT2D eigenvalue weighted by Gasteiger charge is -2.36. The smallest absolute Gasteiger partial charge is 0.306 e. The van der Waals surface area contributed by atoms with Gasteiger partial charge in [-0.3, -0.25) is 9.59 Å². The number of esters is 1. The quantitative estimate of drug-likeness (QED) is 0.380. The van der Waals surface area contributed by atoms with Crippen molar-refractivity contribution < 1.29 is 18.7 Å². The largest absolute Gasteiger partial charge is 0.462 e. The summed E-state index contributed by atoms with van der Waals surface area (Å²) in [4.78, 5) is 29.3. The number of fused-ring (bicyclic) bond motifs is 8. The first-order chi connectivity index (χ1) is 17.0. The third-order valence-electron chi connectivity index (χ3n) is 9.93. The Kier molecular flexibility index (Phi) is 6.01. The van der Waals surface area contributed by atoms with Crippen molar-refractivity contribution in [3.8, 4) is 0 Å². The maximum atomic E-state index is 14.2. The van der Waals surface area contributed by atoms with Crippen molar-refractivity contribution in [2.75, 3.05) is 4.90 Å². The van der Waals surface area contributed by atoms with Crippen molar-refractivity contribution in [3.63, 3.8) is 0 Å². The first kappa shape index (κ1) is 23.2. The number of hydrogen-bond donors (Lipinski definition) is 0. The number of cyclic esters (lactones) is 1. The molecule has 6 rings (SSSR count). The number of Topliss-reactive ketones (excluding diaryl/α,β-unsaturated/α-hetero) is 1. The van der Waals surface area contributed by atoms with Gasteiger partial charge in [-0.1, -0.05) is 38.8 Å². The van der Waals surface area contributed by atoms with Gasteiger partial charge in [0.1, 0.15) is 11.9 Å². The zero-order valence-corrected chi connectivity index (χ0v) is 21.0. The average molecular weight is 480 g/mol. The number of carbonyl (C=O) groups excluding carboxylic acids is 2. The fraction of sp³-hybridized carbons (Fsp3) is 0.667. The standard InChI is InChI=1S/C30H38FNO3/c1-3-20-11-5-4-8-17(2)30(34)25-15-23-21-12-7-13-22(21)28-29(27(23)24(25)16-26(33)35-20)32(28)19-10-6-9-18(31)14-19/h6,9-10,14-15,17,20-24,27-29H,3-5,7-8,11-13,16H2,1-2H3/t17-,20+,21-,22?,23+,24-,27-,28+,29-,32?/m1/s1. The minimum atomic E-state index is -0.208. The number of hydrogen-bond acceptors (Lipinski definition) is 4. The van der Waals surface area contributed by atoms with Gasteiger partial charge in [0.15, 0.2) is 5.78 Å². The molecule has 1 unspecified atom stereocenters. The van der Waals surface area contributed by atoms with Crippen LogP contribution in [0, 0.1) is 41.3 Å². The molecule has 0 N–H and O–H groups in total. The molecule has 1 aromatic rings. The highest BCUT2D eigenvalue weighted by atomic mass is 19.1. The van der Waals surface area contributed by atoms with E-state index in [1.54, 1.807) is 12.1 Å². The second-order valence-electron chi connectivity index (χ2n) is 11.8. The van der Waals surface area contributed by atoms with Gasteiger partial charge < -0.3 is 9.64 Å². The molecule has 9 atom stereocenters. The van der Waals surface area contributed by atoms with E-state index in [4.69, 9.17) is 4.74 Å². The van der Waals surface area contributed by atoms with Crippen LogP contribution in [0.3, 0.4) is 0 Å². The number of anilines is 1. The molecule has 0 spiro atoms. The number of ether oxygens (including phenoxy) is 1. The van der Waals surface area contributed by atoms with E-state index in [0.717, 1.165) is 43.4 Å². The van der Waals surface area contributed by atoms with Gasteiger partial charge >= 0.3 is 5.97 Å². The summed E-state index contributed by atoms with van der Waals surface area (Å²) in [6.07, 6.45) is 10.8. The van der Waals surface area contributed by atoms with E-state index in [-0.39, 0.29) is 47.5 Å². The molecular formula is C30H38FNO3. The van der Waals surface area contributed by atoms with Crippen LogP contribution in [0.2, 0.25) is 0 Å². The molecule has 0 bridgehead atoms. The zero-order valence-electron chi connectivity index (χ0n) is 21.0. The number of allylic oxidation sites excluding steroid dienone is 2. The Morgan fingerprint density at radius 2 is 1.83 bits per heavy atom. The second kappa shape index (κ2) is 9.05. The molecule has 1 aromatic carbocycles. The van der Waals surface area contributed by atoms with Gasteiger partial charge in [-0.05, 0) is 86.0 Å². The van der Waals surface area contributed by atoms with Gasteiger partial charge in [0.05, 0.1) is 18.5 Å². The highest BCUT2D eigenvalue weighted by Crippen LogP contribution is 2.64. The Balaban J connectivity index is 1.37. The normalized spacial score (nSPS) is 40.9. The average Bonchev–Trinajstić information content (AvgIpc) is 3.19. The Labute approximate surface area is 208 Å². The lowest BCUT2D eigenvalue weighted by Crippen LogP contribution is -2.39. The van der Waals surface area contributed by atoms with Gasteiger partial charge in [-0.15, -0.1) is 0 Å². The Hall–Kier alpha value is -2.17. The monoisotopic (exact) mass is 479 g/mol. The molecule has 5 heteroatoms. The predicted octanol–water partition coefficient (Wildman–Crippen LogP) is 6.09. The molecule has 2 heterocycles. The van der Waals surface area contributed by atoms with Gasteiger partial charge in [0.25, 0.3) is 0 Å². The van der Waals surface area contributed by atoms with Gasteiger partial charge in [-0.2, -0.15) is 0 Å². The second-order valence-corrected chi connectivity index (χ2v) is 11.8. The third-order valence-corrected chi connectivity index (χ3v) is 9.93. The van der Waals surface area contributed by atoms with Crippen molar-refractivity contribution in [1.82, 2.24) is 0 Å². The molecule has 0 amide bonds. The van der Waals surface area contributed by atoms with E-state index in [1.165, 1.54) is 25.3 Å². The van der Waals surface area contributed by atoms with Crippen LogP contribution in [0.15, 0.2) is 35.9 Å². The van der Waals surface area contributed by atoms with E-state index < -0.39 is 0 Å². The van der Waals surface area contributed by atoms with Crippen LogP contribution in [0.25, 0.3) is 0 Å². The van der Waals surface area contributed by atoms with Crippen LogP contribution >= 0.6 is 0 Å². The van der Waals surface area contributed by atoms with Crippen molar-refractivity contribution in [1.29, 1.82) is 0 Å².